The molecular weight excluding hydrogens is 466 g/mol. The molecule has 0 aromatic heterocycles. The van der Waals surface area contributed by atoms with Gasteiger partial charge in [-0.2, -0.15) is 0 Å². The number of carbonyl (C=O) groups is 1. The number of ether oxygens (including phenoxy) is 3. The zero-order valence-electron chi connectivity index (χ0n) is 21.8. The molecule has 0 radical (unpaired) electrons. The maximum absolute atomic E-state index is 11.9. The Morgan fingerprint density at radius 1 is 1.03 bits per heavy atom. The maximum Gasteiger partial charge on any atom is 0.331 e. The molecule has 1 atom stereocenters. The third-order valence-electron chi connectivity index (χ3n) is 6.47. The summed E-state index contributed by atoms with van der Waals surface area (Å²) in [6, 6.07) is 22.1. The van der Waals surface area contributed by atoms with Crippen molar-refractivity contribution in [3.8, 4) is 22.6 Å². The lowest BCUT2D eigenvalue weighted by molar-refractivity contribution is -0.132. The predicted octanol–water partition coefficient (Wildman–Crippen LogP) is 6.78. The molecule has 0 amide bonds. The fourth-order valence-corrected chi connectivity index (χ4v) is 4.44. The van der Waals surface area contributed by atoms with Gasteiger partial charge in [-0.15, -0.1) is 0 Å². The van der Waals surface area contributed by atoms with E-state index in [1.165, 1.54) is 0 Å². The molecule has 0 bridgehead atoms. The first-order valence-electron chi connectivity index (χ1n) is 12.8. The summed E-state index contributed by atoms with van der Waals surface area (Å²) >= 11 is 0. The van der Waals surface area contributed by atoms with E-state index in [2.05, 4.69) is 36.1 Å². The zero-order chi connectivity index (χ0) is 26.2. The number of methoxy groups -OCH3 is 1. The first kappa shape index (κ1) is 26.3. The van der Waals surface area contributed by atoms with E-state index in [0.29, 0.717) is 31.7 Å². The third kappa shape index (κ3) is 6.92. The molecule has 6 heteroatoms. The van der Waals surface area contributed by atoms with Crippen LogP contribution in [0.1, 0.15) is 44.2 Å². The number of nitrogens with zero attached hydrogens (tertiary/aromatic N) is 1. The van der Waals surface area contributed by atoms with E-state index in [0.717, 1.165) is 52.3 Å². The van der Waals surface area contributed by atoms with Crippen molar-refractivity contribution in [1.29, 1.82) is 0 Å². The smallest absolute Gasteiger partial charge is 0.331 e. The third-order valence-corrected chi connectivity index (χ3v) is 6.47. The quantitative estimate of drug-likeness (QED) is 0.231. The molecular formula is C31H35NO5. The average Bonchev–Trinajstić information content (AvgIpc) is 3.08. The molecule has 1 aliphatic rings. The number of hydrogen-bond donors (Lipinski definition) is 1. The van der Waals surface area contributed by atoms with Gasteiger partial charge in [-0.25, -0.2) is 4.79 Å². The minimum Gasteiger partial charge on any atom is -0.497 e. The van der Waals surface area contributed by atoms with Crippen LogP contribution in [0.25, 0.3) is 17.2 Å². The number of carboxylic acid groups (broad SMARTS) is 1. The summed E-state index contributed by atoms with van der Waals surface area (Å²) in [4.78, 5) is 14.1. The molecule has 194 valence electrons. The first-order valence-corrected chi connectivity index (χ1v) is 12.8. The number of carboxylic acids is 1. The summed E-state index contributed by atoms with van der Waals surface area (Å²) in [5, 5.41) is 9.76. The first-order chi connectivity index (χ1) is 18.0. The molecule has 0 aliphatic carbocycles. The second-order valence-corrected chi connectivity index (χ2v) is 9.21. The van der Waals surface area contributed by atoms with Crippen LogP contribution < -0.4 is 14.4 Å². The molecule has 0 fully saturated rings. The van der Waals surface area contributed by atoms with Crippen LogP contribution in [0, 0.1) is 0 Å². The highest BCUT2D eigenvalue weighted by molar-refractivity contribution is 5.94. The molecule has 1 aliphatic heterocycles. The van der Waals surface area contributed by atoms with E-state index >= 15 is 0 Å². The van der Waals surface area contributed by atoms with Gasteiger partial charge < -0.3 is 24.2 Å². The standard InChI is InChI=1S/C31H35NO5/c1-4-5-17-36-22(2)37-28-12-9-24(10-13-28)25-11-14-30-27(19-25)20-26(31(33)34)15-16-32(30)21-23-7-6-8-29(18-23)35-3/h6-14,18-20,22H,4-5,15-17,21H2,1-3H3,(H,33,34). The molecule has 1 unspecified atom stereocenters. The lowest BCUT2D eigenvalue weighted by Gasteiger charge is -2.26. The molecule has 1 heterocycles. The van der Waals surface area contributed by atoms with E-state index in [4.69, 9.17) is 14.2 Å². The van der Waals surface area contributed by atoms with Gasteiger partial charge in [-0.1, -0.05) is 43.7 Å². The van der Waals surface area contributed by atoms with Gasteiger partial charge in [-0.3, -0.25) is 0 Å². The molecule has 37 heavy (non-hydrogen) atoms. The molecule has 3 aromatic rings. The van der Waals surface area contributed by atoms with Crippen molar-refractivity contribution in [3.63, 3.8) is 0 Å². The van der Waals surface area contributed by atoms with Gasteiger partial charge in [0.05, 0.1) is 13.7 Å². The molecule has 3 aromatic carbocycles. The predicted molar refractivity (Wildman–Crippen MR) is 147 cm³/mol. The molecule has 1 N–H and O–H groups in total. The second kappa shape index (κ2) is 12.5. The molecule has 4 rings (SSSR count). The summed E-state index contributed by atoms with van der Waals surface area (Å²) in [6.45, 7) is 6.00. The molecule has 0 saturated heterocycles. The normalized spacial score (nSPS) is 13.8. The number of aliphatic carboxylic acids is 1. The average molecular weight is 502 g/mol. The molecule has 0 spiro atoms. The van der Waals surface area contributed by atoms with Gasteiger partial charge in [0.2, 0.25) is 0 Å². The lowest BCUT2D eigenvalue weighted by Crippen LogP contribution is -2.24. The number of benzene rings is 3. The van der Waals surface area contributed by atoms with E-state index in [-0.39, 0.29) is 6.29 Å². The Labute approximate surface area is 219 Å². The Bertz CT molecular complexity index is 1230. The van der Waals surface area contributed by atoms with Gasteiger partial charge in [0.1, 0.15) is 11.5 Å². The van der Waals surface area contributed by atoms with Crippen LogP contribution in [-0.2, 0) is 16.1 Å². The Morgan fingerprint density at radius 2 is 1.81 bits per heavy atom. The van der Waals surface area contributed by atoms with Crippen LogP contribution in [0.5, 0.6) is 11.5 Å². The van der Waals surface area contributed by atoms with Crippen LogP contribution in [0.3, 0.4) is 0 Å². The highest BCUT2D eigenvalue weighted by Gasteiger charge is 2.20. The lowest BCUT2D eigenvalue weighted by atomic mass is 10.00. The topological polar surface area (TPSA) is 68.2 Å². The number of hydrogen-bond acceptors (Lipinski definition) is 5. The van der Waals surface area contributed by atoms with Crippen molar-refractivity contribution in [2.75, 3.05) is 25.2 Å². The van der Waals surface area contributed by atoms with Crippen LogP contribution >= 0.6 is 0 Å². The molecule has 6 nitrogen and oxygen atoms in total. The highest BCUT2D eigenvalue weighted by Crippen LogP contribution is 2.34. The van der Waals surface area contributed by atoms with Crippen molar-refractivity contribution in [2.45, 2.75) is 45.9 Å². The van der Waals surface area contributed by atoms with Crippen molar-refractivity contribution < 1.29 is 24.1 Å². The highest BCUT2D eigenvalue weighted by atomic mass is 16.7. The van der Waals surface area contributed by atoms with Gasteiger partial charge >= 0.3 is 5.97 Å². The Morgan fingerprint density at radius 3 is 2.54 bits per heavy atom. The summed E-state index contributed by atoms with van der Waals surface area (Å²) in [5.74, 6) is 0.679. The molecule has 0 saturated carbocycles. The SMILES string of the molecule is CCCCOC(C)Oc1ccc(-c2ccc3c(c2)C=C(C(=O)O)CCN3Cc2cccc(OC)c2)cc1. The van der Waals surface area contributed by atoms with Crippen LogP contribution in [0.4, 0.5) is 5.69 Å². The summed E-state index contributed by atoms with van der Waals surface area (Å²) in [6.07, 6.45) is 4.07. The Hall–Kier alpha value is -3.77. The van der Waals surface area contributed by atoms with Gasteiger partial charge in [-0.05, 0) is 84.5 Å². The fraction of sp³-hybridized carbons (Fsp3) is 0.323. The number of rotatable bonds is 11. The van der Waals surface area contributed by atoms with E-state index in [9.17, 15) is 9.90 Å². The second-order valence-electron chi connectivity index (χ2n) is 9.21. The van der Waals surface area contributed by atoms with Crippen LogP contribution in [0.15, 0.2) is 72.3 Å². The summed E-state index contributed by atoms with van der Waals surface area (Å²) < 4.78 is 16.9. The number of anilines is 1. The van der Waals surface area contributed by atoms with Gasteiger partial charge in [0.25, 0.3) is 0 Å². The Kier molecular flexibility index (Phi) is 8.86. The summed E-state index contributed by atoms with van der Waals surface area (Å²) in [5.41, 5.74) is 5.48. The largest absolute Gasteiger partial charge is 0.497 e. The van der Waals surface area contributed by atoms with Crippen LogP contribution in [0.2, 0.25) is 0 Å². The fourth-order valence-electron chi connectivity index (χ4n) is 4.44. The van der Waals surface area contributed by atoms with E-state index in [1.807, 2.05) is 49.4 Å². The van der Waals surface area contributed by atoms with Crippen molar-refractivity contribution in [2.24, 2.45) is 0 Å². The van der Waals surface area contributed by atoms with Crippen molar-refractivity contribution in [3.05, 3.63) is 83.4 Å². The monoisotopic (exact) mass is 501 g/mol. The number of unbranched alkanes of at least 4 members (excludes halogenated alkanes) is 1. The zero-order valence-corrected chi connectivity index (χ0v) is 21.8. The number of fused-ring (bicyclic) bond motifs is 1. The van der Waals surface area contributed by atoms with Crippen molar-refractivity contribution in [1.82, 2.24) is 0 Å². The maximum atomic E-state index is 11.9. The van der Waals surface area contributed by atoms with Crippen molar-refractivity contribution >= 4 is 17.7 Å². The van der Waals surface area contributed by atoms with Gasteiger partial charge in [0, 0.05) is 24.4 Å². The summed E-state index contributed by atoms with van der Waals surface area (Å²) in [7, 11) is 1.66. The Balaban J connectivity index is 1.57. The van der Waals surface area contributed by atoms with E-state index < -0.39 is 5.97 Å². The minimum atomic E-state index is -0.878. The van der Waals surface area contributed by atoms with E-state index in [1.54, 1.807) is 13.2 Å². The van der Waals surface area contributed by atoms with Crippen LogP contribution in [-0.4, -0.2) is 37.6 Å². The van der Waals surface area contributed by atoms with Gasteiger partial charge in [0.15, 0.2) is 6.29 Å². The minimum absolute atomic E-state index is 0.306.